The van der Waals surface area contributed by atoms with Crippen molar-refractivity contribution < 1.29 is 0 Å². The minimum Gasteiger partial charge on any atom is -0.309 e. The van der Waals surface area contributed by atoms with Gasteiger partial charge in [-0.3, -0.25) is 0 Å². The molecule has 0 unspecified atom stereocenters. The Morgan fingerprint density at radius 3 is 1.14 bits per heavy atom. The van der Waals surface area contributed by atoms with E-state index in [1.165, 1.54) is 65.7 Å². The lowest BCUT2D eigenvalue weighted by Crippen LogP contribution is -2.17. The van der Waals surface area contributed by atoms with Gasteiger partial charge in [-0.25, -0.2) is 0 Å². The fraction of sp³-hybridized carbons (Fsp3) is 0.0370. The molecular formula is C54H40N2. The maximum absolute atomic E-state index is 2.51. The topological polar surface area (TPSA) is 6.48 Å². The Hall–Kier alpha value is -7.16. The van der Waals surface area contributed by atoms with Crippen LogP contribution < -0.4 is 9.80 Å². The predicted molar refractivity (Wildman–Crippen MR) is 240 cm³/mol. The molecule has 2 nitrogen and oxygen atoms in total. The second-order valence-corrected chi connectivity index (χ2v) is 14.6. The van der Waals surface area contributed by atoms with Gasteiger partial charge in [0, 0.05) is 38.7 Å². The van der Waals surface area contributed by atoms with Crippen LogP contribution >= 0.6 is 0 Å². The van der Waals surface area contributed by atoms with Gasteiger partial charge in [0.25, 0.3) is 0 Å². The van der Waals surface area contributed by atoms with Crippen LogP contribution in [0, 0.1) is 13.8 Å². The van der Waals surface area contributed by atoms with Gasteiger partial charge >= 0.3 is 0 Å². The number of para-hydroxylation sites is 4. The van der Waals surface area contributed by atoms with Crippen molar-refractivity contribution in [3.05, 3.63) is 217 Å². The standard InChI is InChI=1S/C54H40N2/c1-37-18-15-30-45(39-20-7-3-8-21-39)53(37)55(43-26-11-5-12-27-43)49-36-50(48-35-33-42-25-17-24-41-32-34-47(49)52(48)51(41)42)56(44-28-13-6-14-29-44)54-38(2)19-16-31-46(54)40-22-9-4-10-23-40/h3-36H,1-2H3. The van der Waals surface area contributed by atoms with Crippen LogP contribution in [0.2, 0.25) is 0 Å². The van der Waals surface area contributed by atoms with Crippen molar-refractivity contribution in [3.8, 4) is 22.3 Å². The molecule has 0 aliphatic rings. The first-order valence-electron chi connectivity index (χ1n) is 19.4. The lowest BCUT2D eigenvalue weighted by Gasteiger charge is -2.35. The molecule has 0 saturated heterocycles. The summed E-state index contributed by atoms with van der Waals surface area (Å²) in [4.78, 5) is 5.01. The van der Waals surface area contributed by atoms with Crippen LogP contribution in [0.4, 0.5) is 34.1 Å². The van der Waals surface area contributed by atoms with Crippen molar-refractivity contribution in [2.45, 2.75) is 13.8 Å². The molecule has 10 aromatic carbocycles. The molecule has 0 aromatic heterocycles. The number of hydrogen-bond donors (Lipinski definition) is 0. The molecular weight excluding hydrogens is 677 g/mol. The lowest BCUT2D eigenvalue weighted by molar-refractivity contribution is 1.24. The highest BCUT2D eigenvalue weighted by atomic mass is 15.2. The number of aryl methyl sites for hydroxylation is 2. The molecule has 0 radical (unpaired) electrons. The van der Waals surface area contributed by atoms with Crippen LogP contribution in [0.25, 0.3) is 54.6 Å². The molecule has 0 bridgehead atoms. The summed E-state index contributed by atoms with van der Waals surface area (Å²) in [5.74, 6) is 0. The third-order valence-electron chi connectivity index (χ3n) is 11.2. The summed E-state index contributed by atoms with van der Waals surface area (Å²) >= 11 is 0. The molecule has 0 atom stereocenters. The minimum absolute atomic E-state index is 1.10. The van der Waals surface area contributed by atoms with Crippen molar-refractivity contribution in [3.63, 3.8) is 0 Å². The van der Waals surface area contributed by atoms with Crippen molar-refractivity contribution >= 4 is 66.4 Å². The molecule has 266 valence electrons. The molecule has 2 heteroatoms. The second-order valence-electron chi connectivity index (χ2n) is 14.6. The quantitative estimate of drug-likeness (QED) is 0.144. The third kappa shape index (κ3) is 5.58. The van der Waals surface area contributed by atoms with Gasteiger partial charge in [-0.05, 0) is 82.6 Å². The van der Waals surface area contributed by atoms with E-state index in [1.54, 1.807) is 0 Å². The summed E-state index contributed by atoms with van der Waals surface area (Å²) < 4.78 is 0. The van der Waals surface area contributed by atoms with E-state index in [4.69, 9.17) is 0 Å². The molecule has 0 aliphatic heterocycles. The van der Waals surface area contributed by atoms with Crippen LogP contribution in [0.3, 0.4) is 0 Å². The van der Waals surface area contributed by atoms with E-state index in [-0.39, 0.29) is 0 Å². The van der Waals surface area contributed by atoms with Gasteiger partial charge in [0.15, 0.2) is 0 Å². The molecule has 0 amide bonds. The van der Waals surface area contributed by atoms with Crippen LogP contribution in [-0.2, 0) is 0 Å². The van der Waals surface area contributed by atoms with E-state index >= 15 is 0 Å². The van der Waals surface area contributed by atoms with Crippen LogP contribution in [-0.4, -0.2) is 0 Å². The smallest absolute Gasteiger partial charge is 0.0569 e. The highest BCUT2D eigenvalue weighted by molar-refractivity contribution is 6.29. The lowest BCUT2D eigenvalue weighted by atomic mass is 9.90. The first-order chi connectivity index (χ1) is 27.7. The molecule has 0 heterocycles. The zero-order valence-corrected chi connectivity index (χ0v) is 31.5. The van der Waals surface area contributed by atoms with E-state index < -0.39 is 0 Å². The summed E-state index contributed by atoms with van der Waals surface area (Å²) in [6.45, 7) is 4.48. The Morgan fingerprint density at radius 1 is 0.321 bits per heavy atom. The van der Waals surface area contributed by atoms with Gasteiger partial charge in [-0.15, -0.1) is 0 Å². The summed E-state index contributed by atoms with van der Waals surface area (Å²) in [5.41, 5.74) is 13.9. The maximum atomic E-state index is 2.51. The Bertz CT molecular complexity index is 2780. The SMILES string of the molecule is Cc1cccc(-c2ccccc2)c1N(c1ccccc1)c1cc(N(c2ccccc2)c2c(C)cccc2-c2ccccc2)c2ccc3cccc4ccc1c2c43. The minimum atomic E-state index is 1.10. The first kappa shape index (κ1) is 33.4. The van der Waals surface area contributed by atoms with Crippen molar-refractivity contribution in [2.24, 2.45) is 0 Å². The summed E-state index contributed by atoms with van der Waals surface area (Å²) in [5, 5.41) is 7.44. The van der Waals surface area contributed by atoms with Crippen molar-refractivity contribution in [1.29, 1.82) is 0 Å². The van der Waals surface area contributed by atoms with Gasteiger partial charge in [-0.2, -0.15) is 0 Å². The Morgan fingerprint density at radius 2 is 0.714 bits per heavy atom. The summed E-state index contributed by atoms with van der Waals surface area (Å²) in [6, 6.07) is 75.1. The number of anilines is 6. The van der Waals surface area contributed by atoms with E-state index in [0.29, 0.717) is 0 Å². The predicted octanol–water partition coefficient (Wildman–Crippen LogP) is 15.5. The Kier molecular flexibility index (Phi) is 8.30. The average molecular weight is 717 g/mol. The third-order valence-corrected chi connectivity index (χ3v) is 11.2. The number of hydrogen-bond acceptors (Lipinski definition) is 2. The molecule has 0 spiro atoms. The van der Waals surface area contributed by atoms with Crippen molar-refractivity contribution in [1.82, 2.24) is 0 Å². The first-order valence-corrected chi connectivity index (χ1v) is 19.4. The van der Waals surface area contributed by atoms with E-state index in [2.05, 4.69) is 230 Å². The van der Waals surface area contributed by atoms with Gasteiger partial charge < -0.3 is 9.80 Å². The molecule has 0 fully saturated rings. The van der Waals surface area contributed by atoms with Crippen molar-refractivity contribution in [2.75, 3.05) is 9.80 Å². The van der Waals surface area contributed by atoms with Gasteiger partial charge in [0.05, 0.1) is 22.7 Å². The fourth-order valence-electron chi connectivity index (χ4n) is 8.71. The largest absolute Gasteiger partial charge is 0.309 e. The van der Waals surface area contributed by atoms with Crippen LogP contribution in [0.1, 0.15) is 11.1 Å². The maximum Gasteiger partial charge on any atom is 0.0569 e. The van der Waals surface area contributed by atoms with Gasteiger partial charge in [0.2, 0.25) is 0 Å². The monoisotopic (exact) mass is 716 g/mol. The average Bonchev–Trinajstić information content (AvgIpc) is 3.26. The van der Waals surface area contributed by atoms with E-state index in [1.807, 2.05) is 0 Å². The normalized spacial score (nSPS) is 11.4. The molecule has 0 aliphatic carbocycles. The number of rotatable bonds is 8. The Balaban J connectivity index is 1.38. The molecule has 56 heavy (non-hydrogen) atoms. The number of benzene rings is 10. The highest BCUT2D eigenvalue weighted by Gasteiger charge is 2.28. The van der Waals surface area contributed by atoms with E-state index in [0.717, 1.165) is 34.1 Å². The zero-order valence-electron chi connectivity index (χ0n) is 31.5. The molecule has 0 saturated carbocycles. The number of nitrogens with zero attached hydrogens (tertiary/aromatic N) is 2. The summed E-state index contributed by atoms with van der Waals surface area (Å²) in [7, 11) is 0. The Labute approximate surface area is 328 Å². The van der Waals surface area contributed by atoms with Gasteiger partial charge in [0.1, 0.15) is 0 Å². The summed E-state index contributed by atoms with van der Waals surface area (Å²) in [6.07, 6.45) is 0. The van der Waals surface area contributed by atoms with Crippen LogP contribution in [0.5, 0.6) is 0 Å². The fourth-order valence-corrected chi connectivity index (χ4v) is 8.71. The molecule has 10 rings (SSSR count). The highest BCUT2D eigenvalue weighted by Crippen LogP contribution is 2.53. The molecule has 0 N–H and O–H groups in total. The molecule has 10 aromatic rings. The van der Waals surface area contributed by atoms with Crippen LogP contribution in [0.15, 0.2) is 206 Å². The van der Waals surface area contributed by atoms with E-state index in [9.17, 15) is 0 Å². The van der Waals surface area contributed by atoms with Gasteiger partial charge in [-0.1, -0.05) is 176 Å². The second kappa shape index (κ2) is 13.9. The zero-order chi connectivity index (χ0) is 37.6.